The molecule has 0 radical (unpaired) electrons. The zero-order valence-corrected chi connectivity index (χ0v) is 13.2. The zero-order chi connectivity index (χ0) is 17.2. The van der Waals surface area contributed by atoms with Crippen LogP contribution in [0.3, 0.4) is 0 Å². The summed E-state index contributed by atoms with van der Waals surface area (Å²) in [6, 6.07) is 0. The summed E-state index contributed by atoms with van der Waals surface area (Å²) in [5, 5.41) is 6.29. The molecule has 5 nitrogen and oxygen atoms in total. The fourth-order valence-electron chi connectivity index (χ4n) is 2.82. The second kappa shape index (κ2) is 6.90. The maximum atomic E-state index is 12.5. The van der Waals surface area contributed by atoms with Gasteiger partial charge in [-0.2, -0.15) is 13.2 Å². The van der Waals surface area contributed by atoms with Crippen LogP contribution in [0.2, 0.25) is 0 Å². The molecule has 0 saturated carbocycles. The second-order valence-electron chi connectivity index (χ2n) is 5.95. The fourth-order valence-corrected chi connectivity index (χ4v) is 2.82. The van der Waals surface area contributed by atoms with Crippen LogP contribution in [-0.2, 0) is 10.9 Å². The number of allylic oxidation sites excluding steroid dienone is 2. The molecule has 130 valence electrons. The molecule has 24 heavy (non-hydrogen) atoms. The van der Waals surface area contributed by atoms with Crippen LogP contribution < -0.4 is 10.6 Å². The Balaban J connectivity index is 1.64. The number of nitrogens with one attached hydrogen (secondary N) is 2. The Hall–Kier alpha value is -1.93. The molecule has 1 aromatic rings. The van der Waals surface area contributed by atoms with E-state index in [0.29, 0.717) is 6.61 Å². The number of rotatable bonds is 3. The van der Waals surface area contributed by atoms with Crippen LogP contribution in [0.4, 0.5) is 19.1 Å². The van der Waals surface area contributed by atoms with E-state index in [1.165, 1.54) is 0 Å². The van der Waals surface area contributed by atoms with Crippen molar-refractivity contribution in [2.75, 3.05) is 25.0 Å². The lowest BCUT2D eigenvalue weighted by molar-refractivity contribution is -0.138. The molecule has 0 bridgehead atoms. The molecule has 1 saturated heterocycles. The molecule has 0 spiro atoms. The summed E-state index contributed by atoms with van der Waals surface area (Å²) in [5.41, 5.74) is 1.05. The lowest BCUT2D eigenvalue weighted by Crippen LogP contribution is -2.42. The summed E-state index contributed by atoms with van der Waals surface area (Å²) in [7, 11) is 0. The van der Waals surface area contributed by atoms with Crippen LogP contribution >= 0.6 is 0 Å². The van der Waals surface area contributed by atoms with Crippen molar-refractivity contribution in [2.24, 2.45) is 5.92 Å². The van der Waals surface area contributed by atoms with Gasteiger partial charge in [-0.3, -0.25) is 0 Å². The van der Waals surface area contributed by atoms with Gasteiger partial charge in [0.2, 0.25) is 5.95 Å². The van der Waals surface area contributed by atoms with Crippen molar-refractivity contribution >= 4 is 5.95 Å². The van der Waals surface area contributed by atoms with Gasteiger partial charge < -0.3 is 15.4 Å². The zero-order valence-electron chi connectivity index (χ0n) is 13.2. The van der Waals surface area contributed by atoms with Gasteiger partial charge in [-0.05, 0) is 25.0 Å². The van der Waals surface area contributed by atoms with Crippen LogP contribution in [0.1, 0.15) is 18.9 Å². The third-order valence-electron chi connectivity index (χ3n) is 4.17. The Labute approximate surface area is 138 Å². The van der Waals surface area contributed by atoms with Crippen molar-refractivity contribution in [1.29, 1.82) is 0 Å². The average Bonchev–Trinajstić information content (AvgIpc) is 2.57. The number of nitrogens with zero attached hydrogens (tertiary/aromatic N) is 2. The Morgan fingerprint density at radius 2 is 2.04 bits per heavy atom. The predicted molar refractivity (Wildman–Crippen MR) is 83.2 cm³/mol. The van der Waals surface area contributed by atoms with E-state index in [4.69, 9.17) is 4.74 Å². The molecule has 2 atom stereocenters. The molecule has 1 aliphatic carbocycles. The molecule has 2 N–H and O–H groups in total. The van der Waals surface area contributed by atoms with Crippen LogP contribution in [0.25, 0.3) is 0 Å². The van der Waals surface area contributed by atoms with E-state index in [0.717, 1.165) is 43.2 Å². The number of hydrogen-bond donors (Lipinski definition) is 2. The van der Waals surface area contributed by atoms with Gasteiger partial charge in [-0.25, -0.2) is 9.97 Å². The van der Waals surface area contributed by atoms with E-state index in [1.807, 2.05) is 13.0 Å². The highest BCUT2D eigenvalue weighted by molar-refractivity contribution is 5.44. The van der Waals surface area contributed by atoms with Gasteiger partial charge in [0.05, 0.1) is 18.3 Å². The van der Waals surface area contributed by atoms with Gasteiger partial charge in [-0.1, -0.05) is 6.08 Å². The summed E-state index contributed by atoms with van der Waals surface area (Å²) in [6.45, 7) is 4.40. The SMILES string of the molecule is CC1=C(Nc2ncc(C(F)(F)F)cn2)C=CC([C@H]2CNCCO2)C1. The lowest BCUT2D eigenvalue weighted by atomic mass is 9.88. The largest absolute Gasteiger partial charge is 0.419 e. The minimum Gasteiger partial charge on any atom is -0.375 e. The summed E-state index contributed by atoms with van der Waals surface area (Å²) in [5.74, 6) is 0.438. The number of alkyl halides is 3. The molecule has 3 rings (SSSR count). The van der Waals surface area contributed by atoms with Crippen molar-refractivity contribution < 1.29 is 17.9 Å². The van der Waals surface area contributed by atoms with Crippen molar-refractivity contribution in [1.82, 2.24) is 15.3 Å². The highest BCUT2D eigenvalue weighted by atomic mass is 19.4. The van der Waals surface area contributed by atoms with Gasteiger partial charge in [0.25, 0.3) is 0 Å². The Bertz CT molecular complexity index is 634. The maximum Gasteiger partial charge on any atom is 0.419 e. The maximum absolute atomic E-state index is 12.5. The van der Waals surface area contributed by atoms with Crippen LogP contribution in [0.5, 0.6) is 0 Å². The molecular weight excluding hydrogens is 321 g/mol. The van der Waals surface area contributed by atoms with Crippen molar-refractivity contribution in [3.05, 3.63) is 41.4 Å². The quantitative estimate of drug-likeness (QED) is 0.886. The Kier molecular flexibility index (Phi) is 4.86. The van der Waals surface area contributed by atoms with Crippen LogP contribution in [0.15, 0.2) is 35.8 Å². The molecule has 1 aromatic heterocycles. The molecule has 2 aliphatic rings. The standard InChI is InChI=1S/C16H19F3N4O/c1-10-6-11(14-9-20-4-5-24-14)2-3-13(10)23-15-21-7-12(8-22-15)16(17,18)19/h2-3,7-8,11,14,20H,4-6,9H2,1H3,(H,21,22,23)/t11?,14-/m1/s1. The topological polar surface area (TPSA) is 59.1 Å². The van der Waals surface area contributed by atoms with Gasteiger partial charge in [-0.15, -0.1) is 0 Å². The number of anilines is 1. The van der Waals surface area contributed by atoms with E-state index in [1.54, 1.807) is 0 Å². The third kappa shape index (κ3) is 3.93. The highest BCUT2D eigenvalue weighted by Gasteiger charge is 2.31. The highest BCUT2D eigenvalue weighted by Crippen LogP contribution is 2.30. The van der Waals surface area contributed by atoms with Crippen LogP contribution in [0, 0.1) is 5.92 Å². The summed E-state index contributed by atoms with van der Waals surface area (Å²) < 4.78 is 43.3. The molecule has 1 unspecified atom stereocenters. The number of hydrogen-bond acceptors (Lipinski definition) is 5. The van der Waals surface area contributed by atoms with Gasteiger partial charge >= 0.3 is 6.18 Å². The summed E-state index contributed by atoms with van der Waals surface area (Å²) in [4.78, 5) is 7.48. The van der Waals surface area contributed by atoms with Gasteiger partial charge in [0.15, 0.2) is 0 Å². The number of halogens is 3. The fraction of sp³-hybridized carbons (Fsp3) is 0.500. The Morgan fingerprint density at radius 1 is 1.29 bits per heavy atom. The molecule has 0 aromatic carbocycles. The molecule has 1 fully saturated rings. The van der Waals surface area contributed by atoms with E-state index in [2.05, 4.69) is 26.7 Å². The first-order valence-corrected chi connectivity index (χ1v) is 7.80. The van der Waals surface area contributed by atoms with E-state index >= 15 is 0 Å². The molecule has 2 heterocycles. The molecule has 0 amide bonds. The van der Waals surface area contributed by atoms with Gasteiger partial charge in [0.1, 0.15) is 0 Å². The van der Waals surface area contributed by atoms with Crippen molar-refractivity contribution in [2.45, 2.75) is 25.6 Å². The molecule has 1 aliphatic heterocycles. The number of ether oxygens (including phenoxy) is 1. The number of morpholine rings is 1. The minimum atomic E-state index is -4.43. The van der Waals surface area contributed by atoms with E-state index in [9.17, 15) is 13.2 Å². The lowest BCUT2D eigenvalue weighted by Gasteiger charge is -2.31. The first kappa shape index (κ1) is 16.9. The molecule has 8 heteroatoms. The smallest absolute Gasteiger partial charge is 0.375 e. The Morgan fingerprint density at radius 3 is 2.62 bits per heavy atom. The van der Waals surface area contributed by atoms with Crippen molar-refractivity contribution in [3.8, 4) is 0 Å². The van der Waals surface area contributed by atoms with Crippen LogP contribution in [-0.4, -0.2) is 35.8 Å². The third-order valence-corrected chi connectivity index (χ3v) is 4.17. The number of aromatic nitrogens is 2. The summed E-state index contributed by atoms with van der Waals surface area (Å²) >= 11 is 0. The molecular formula is C16H19F3N4O. The normalized spacial score (nSPS) is 25.0. The first-order valence-electron chi connectivity index (χ1n) is 7.80. The van der Waals surface area contributed by atoms with E-state index in [-0.39, 0.29) is 18.0 Å². The average molecular weight is 340 g/mol. The monoisotopic (exact) mass is 340 g/mol. The minimum absolute atomic E-state index is 0.147. The first-order chi connectivity index (χ1) is 11.4. The second-order valence-corrected chi connectivity index (χ2v) is 5.95. The van der Waals surface area contributed by atoms with Crippen molar-refractivity contribution in [3.63, 3.8) is 0 Å². The van der Waals surface area contributed by atoms with Gasteiger partial charge in [0, 0.05) is 37.1 Å². The van der Waals surface area contributed by atoms with E-state index < -0.39 is 11.7 Å². The summed E-state index contributed by atoms with van der Waals surface area (Å²) in [6.07, 6.45) is 2.09. The predicted octanol–water partition coefficient (Wildman–Crippen LogP) is 2.75.